The zero-order valence-electron chi connectivity index (χ0n) is 13.0. The molecule has 1 heteroatoms. The predicted molar refractivity (Wildman–Crippen MR) is 86.8 cm³/mol. The summed E-state index contributed by atoms with van der Waals surface area (Å²) >= 11 is 0. The van der Waals surface area contributed by atoms with Gasteiger partial charge in [0.05, 0.1) is 0 Å². The molecule has 0 bridgehead atoms. The Hall–Kier alpha value is -0.300. The summed E-state index contributed by atoms with van der Waals surface area (Å²) in [5.41, 5.74) is 3.11. The molecule has 0 aromatic heterocycles. The van der Waals surface area contributed by atoms with Crippen molar-refractivity contribution in [1.82, 2.24) is 0 Å². The van der Waals surface area contributed by atoms with Crippen LogP contribution in [0.2, 0.25) is 0 Å². The first-order valence-corrected chi connectivity index (χ1v) is 7.07. The molecule has 97 valence electrons. The van der Waals surface area contributed by atoms with Gasteiger partial charge in [-0.15, -0.1) is 0 Å². The number of hydrogen-bond acceptors (Lipinski definition) is 0. The summed E-state index contributed by atoms with van der Waals surface area (Å²) in [6, 6.07) is 13.4. The quantitative estimate of drug-likeness (QED) is 0.691. The van der Waals surface area contributed by atoms with Crippen molar-refractivity contribution in [1.29, 1.82) is 0 Å². The van der Waals surface area contributed by atoms with Crippen LogP contribution in [0.1, 0.15) is 38.8 Å². The average molecular weight is 263 g/mol. The van der Waals surface area contributed by atoms with Crippen LogP contribution < -0.4 is 0 Å². The standard InChI is InChI=1S/C18H24.Na/c1-13(2)11-16-10-9-15-7-5-6-8-17(15)18(16)12-14(3)4;/h5-10,13-14H,11-12H2,1-4H3;. The maximum Gasteiger partial charge on any atom is 0 e. The van der Waals surface area contributed by atoms with E-state index >= 15 is 0 Å². The molecule has 0 amide bonds. The van der Waals surface area contributed by atoms with E-state index in [2.05, 4.69) is 64.1 Å². The number of hydrogen-bond donors (Lipinski definition) is 0. The summed E-state index contributed by atoms with van der Waals surface area (Å²) in [6.07, 6.45) is 2.37. The molecule has 19 heavy (non-hydrogen) atoms. The van der Waals surface area contributed by atoms with Crippen molar-refractivity contribution in [2.75, 3.05) is 0 Å². The van der Waals surface area contributed by atoms with E-state index in [4.69, 9.17) is 0 Å². The molecule has 2 aromatic carbocycles. The van der Waals surface area contributed by atoms with Gasteiger partial charge in [0.15, 0.2) is 0 Å². The molecule has 1 radical (unpaired) electrons. The van der Waals surface area contributed by atoms with Crippen LogP contribution in [-0.2, 0) is 12.8 Å². The van der Waals surface area contributed by atoms with Crippen LogP contribution in [-0.4, -0.2) is 29.6 Å². The van der Waals surface area contributed by atoms with E-state index in [1.54, 1.807) is 5.56 Å². The van der Waals surface area contributed by atoms with Crippen molar-refractivity contribution in [2.24, 2.45) is 11.8 Å². The van der Waals surface area contributed by atoms with Crippen molar-refractivity contribution in [3.8, 4) is 0 Å². The van der Waals surface area contributed by atoms with Crippen LogP contribution in [0.3, 0.4) is 0 Å². The molecule has 0 fully saturated rings. The molecule has 0 atom stereocenters. The van der Waals surface area contributed by atoms with E-state index in [0.29, 0.717) is 5.92 Å². The molecule has 2 aromatic rings. The Balaban J connectivity index is 0.00000180. The van der Waals surface area contributed by atoms with Gasteiger partial charge in [0.25, 0.3) is 0 Å². The zero-order chi connectivity index (χ0) is 13.1. The third-order valence-electron chi connectivity index (χ3n) is 3.38. The van der Waals surface area contributed by atoms with E-state index < -0.39 is 0 Å². The Labute approximate surface area is 139 Å². The molecule has 0 aliphatic heterocycles. The van der Waals surface area contributed by atoms with Crippen LogP contribution in [0, 0.1) is 11.8 Å². The van der Waals surface area contributed by atoms with Gasteiger partial charge in [-0.2, -0.15) is 0 Å². The molecule has 0 heterocycles. The van der Waals surface area contributed by atoms with Crippen LogP contribution in [0.4, 0.5) is 0 Å². The van der Waals surface area contributed by atoms with Gasteiger partial charge in [-0.1, -0.05) is 64.1 Å². The van der Waals surface area contributed by atoms with Gasteiger partial charge in [0.2, 0.25) is 0 Å². The fraction of sp³-hybridized carbons (Fsp3) is 0.444. The summed E-state index contributed by atoms with van der Waals surface area (Å²) < 4.78 is 0. The normalized spacial score (nSPS) is 11.1. The second-order valence-electron chi connectivity index (χ2n) is 6.12. The summed E-state index contributed by atoms with van der Waals surface area (Å²) in [7, 11) is 0. The summed E-state index contributed by atoms with van der Waals surface area (Å²) in [6.45, 7) is 9.21. The Kier molecular flexibility index (Phi) is 6.59. The van der Waals surface area contributed by atoms with E-state index in [1.165, 1.54) is 29.2 Å². The smallest absolute Gasteiger partial charge is 0 e. The van der Waals surface area contributed by atoms with Gasteiger partial charge in [-0.05, 0) is 46.6 Å². The first-order valence-electron chi connectivity index (χ1n) is 7.07. The number of fused-ring (bicyclic) bond motifs is 1. The van der Waals surface area contributed by atoms with Gasteiger partial charge in [-0.25, -0.2) is 0 Å². The monoisotopic (exact) mass is 263 g/mol. The topological polar surface area (TPSA) is 0 Å². The largest absolute Gasteiger partial charge is 0.0625 e. The zero-order valence-corrected chi connectivity index (χ0v) is 15.0. The Bertz CT molecular complexity index is 526. The van der Waals surface area contributed by atoms with E-state index in [9.17, 15) is 0 Å². The molecule has 0 saturated carbocycles. The molecule has 0 aliphatic rings. The van der Waals surface area contributed by atoms with Crippen LogP contribution in [0.5, 0.6) is 0 Å². The third-order valence-corrected chi connectivity index (χ3v) is 3.38. The predicted octanol–water partition coefficient (Wildman–Crippen LogP) is 4.86. The van der Waals surface area contributed by atoms with Crippen molar-refractivity contribution < 1.29 is 0 Å². The minimum Gasteiger partial charge on any atom is -0.0625 e. The van der Waals surface area contributed by atoms with E-state index in [-0.39, 0.29) is 29.6 Å². The second-order valence-corrected chi connectivity index (χ2v) is 6.12. The summed E-state index contributed by atoms with van der Waals surface area (Å²) in [5.74, 6) is 1.43. The number of rotatable bonds is 4. The molecular weight excluding hydrogens is 239 g/mol. The van der Waals surface area contributed by atoms with Gasteiger partial charge in [0, 0.05) is 29.6 Å². The van der Waals surface area contributed by atoms with Gasteiger partial charge < -0.3 is 0 Å². The van der Waals surface area contributed by atoms with Gasteiger partial charge in [-0.3, -0.25) is 0 Å². The fourth-order valence-corrected chi connectivity index (χ4v) is 2.66. The molecule has 0 spiro atoms. The Morgan fingerprint density at radius 3 is 2.05 bits per heavy atom. The van der Waals surface area contributed by atoms with Crippen molar-refractivity contribution in [3.05, 3.63) is 47.5 Å². The minimum atomic E-state index is 0. The molecular formula is C18H24Na. The first-order chi connectivity index (χ1) is 8.58. The summed E-state index contributed by atoms with van der Waals surface area (Å²) in [5, 5.41) is 2.82. The minimum absolute atomic E-state index is 0. The van der Waals surface area contributed by atoms with E-state index in [1.807, 2.05) is 0 Å². The van der Waals surface area contributed by atoms with Crippen LogP contribution in [0.15, 0.2) is 36.4 Å². The second kappa shape index (κ2) is 7.47. The molecule has 0 N–H and O–H groups in total. The molecule has 0 unspecified atom stereocenters. The number of benzene rings is 2. The van der Waals surface area contributed by atoms with E-state index in [0.717, 1.165) is 5.92 Å². The summed E-state index contributed by atoms with van der Waals surface area (Å²) in [4.78, 5) is 0. The first kappa shape index (κ1) is 16.8. The Morgan fingerprint density at radius 2 is 1.42 bits per heavy atom. The SMILES string of the molecule is CC(C)Cc1ccc2ccccc2c1CC(C)C.[Na]. The Morgan fingerprint density at radius 1 is 0.789 bits per heavy atom. The fourth-order valence-electron chi connectivity index (χ4n) is 2.66. The van der Waals surface area contributed by atoms with Crippen molar-refractivity contribution in [3.63, 3.8) is 0 Å². The van der Waals surface area contributed by atoms with Gasteiger partial charge in [0.1, 0.15) is 0 Å². The van der Waals surface area contributed by atoms with Crippen molar-refractivity contribution >= 4 is 40.3 Å². The maximum absolute atomic E-state index is 2.33. The molecule has 0 saturated heterocycles. The third kappa shape index (κ3) is 4.34. The van der Waals surface area contributed by atoms with Crippen molar-refractivity contribution in [2.45, 2.75) is 40.5 Å². The molecule has 2 rings (SSSR count). The van der Waals surface area contributed by atoms with Gasteiger partial charge >= 0.3 is 0 Å². The van der Waals surface area contributed by atoms with Crippen LogP contribution >= 0.6 is 0 Å². The maximum atomic E-state index is 2.33. The average Bonchev–Trinajstić information content (AvgIpc) is 2.31. The molecule has 0 aliphatic carbocycles. The van der Waals surface area contributed by atoms with Crippen LogP contribution in [0.25, 0.3) is 10.8 Å². The molecule has 0 nitrogen and oxygen atoms in total.